The molecule has 1 fully saturated rings. The highest BCUT2D eigenvalue weighted by atomic mass is 79.9. The highest BCUT2D eigenvalue weighted by molar-refractivity contribution is 9.10. The zero-order valence-corrected chi connectivity index (χ0v) is 11.9. The lowest BCUT2D eigenvalue weighted by atomic mass is 10.1. The minimum Gasteiger partial charge on any atom is -0.460 e. The molecule has 0 unspecified atom stereocenters. The molecule has 1 aromatic carbocycles. The predicted molar refractivity (Wildman–Crippen MR) is 74.4 cm³/mol. The van der Waals surface area contributed by atoms with Crippen LogP contribution in [-0.4, -0.2) is 51.5 Å². The zero-order valence-electron chi connectivity index (χ0n) is 10.4. The van der Waals surface area contributed by atoms with Crippen LogP contribution in [0.4, 0.5) is 0 Å². The number of aromatic nitrogens is 1. The van der Waals surface area contributed by atoms with Gasteiger partial charge in [-0.25, -0.2) is 0 Å². The fraction of sp³-hybridized carbons (Fsp3) is 0.385. The van der Waals surface area contributed by atoms with Crippen LogP contribution in [0, 0.1) is 0 Å². The van der Waals surface area contributed by atoms with Gasteiger partial charge in [-0.05, 0) is 18.2 Å². The van der Waals surface area contributed by atoms with Gasteiger partial charge in [-0.15, -0.1) is 0 Å². The van der Waals surface area contributed by atoms with Crippen molar-refractivity contribution in [1.29, 1.82) is 0 Å². The third-order valence-corrected chi connectivity index (χ3v) is 3.80. The van der Waals surface area contributed by atoms with Gasteiger partial charge in [0, 0.05) is 21.6 Å². The van der Waals surface area contributed by atoms with Gasteiger partial charge in [-0.2, -0.15) is 0 Å². The molecular weight excluding hydrogens is 330 g/mol. The van der Waals surface area contributed by atoms with E-state index in [1.807, 2.05) is 18.2 Å². The summed E-state index contributed by atoms with van der Waals surface area (Å²) < 4.78 is 11.7. The fourth-order valence-corrected chi connectivity index (χ4v) is 2.53. The Balaban J connectivity index is 1.84. The molecule has 0 radical (unpaired) electrons. The van der Waals surface area contributed by atoms with Crippen LogP contribution in [0.3, 0.4) is 0 Å². The van der Waals surface area contributed by atoms with E-state index in [0.29, 0.717) is 5.75 Å². The number of aliphatic hydroxyl groups is 3. The van der Waals surface area contributed by atoms with Crippen molar-refractivity contribution in [3.63, 3.8) is 0 Å². The van der Waals surface area contributed by atoms with Gasteiger partial charge in [0.25, 0.3) is 0 Å². The number of fused-ring (bicyclic) bond motifs is 1. The Kier molecular flexibility index (Phi) is 3.70. The predicted octanol–water partition coefficient (Wildman–Crippen LogP) is 0.748. The van der Waals surface area contributed by atoms with Crippen LogP contribution in [0.1, 0.15) is 0 Å². The van der Waals surface area contributed by atoms with Crippen molar-refractivity contribution in [3.8, 4) is 5.75 Å². The van der Waals surface area contributed by atoms with Crippen molar-refractivity contribution < 1.29 is 24.8 Å². The van der Waals surface area contributed by atoms with Crippen molar-refractivity contribution >= 4 is 26.8 Å². The molecule has 7 heteroatoms. The topological polar surface area (TPSA) is 94.9 Å². The molecule has 4 N–H and O–H groups in total. The molecule has 4 atom stereocenters. The summed E-state index contributed by atoms with van der Waals surface area (Å²) in [6, 6.07) is 5.67. The summed E-state index contributed by atoms with van der Waals surface area (Å²) in [5, 5.41) is 29.7. The molecule has 6 nitrogen and oxygen atoms in total. The molecule has 1 aromatic heterocycles. The average Bonchev–Trinajstić information content (AvgIpc) is 2.82. The summed E-state index contributed by atoms with van der Waals surface area (Å²) in [7, 11) is 0. The van der Waals surface area contributed by atoms with Crippen LogP contribution in [0.5, 0.6) is 5.75 Å². The van der Waals surface area contributed by atoms with Gasteiger partial charge < -0.3 is 29.8 Å². The van der Waals surface area contributed by atoms with Gasteiger partial charge in [0.1, 0.15) is 24.1 Å². The number of nitrogens with one attached hydrogen (secondary N) is 1. The Bertz CT molecular complexity index is 616. The van der Waals surface area contributed by atoms with Gasteiger partial charge in [0.05, 0.1) is 6.61 Å². The van der Waals surface area contributed by atoms with E-state index in [1.165, 1.54) is 0 Å². The molecule has 108 valence electrons. The maximum absolute atomic E-state index is 9.85. The van der Waals surface area contributed by atoms with Crippen molar-refractivity contribution in [2.24, 2.45) is 0 Å². The van der Waals surface area contributed by atoms with E-state index < -0.39 is 24.6 Å². The average molecular weight is 344 g/mol. The quantitative estimate of drug-likeness (QED) is 0.645. The number of benzene rings is 1. The van der Waals surface area contributed by atoms with E-state index in [0.717, 1.165) is 15.4 Å². The summed E-state index contributed by atoms with van der Waals surface area (Å²) in [6.07, 6.45) is -3.07. The van der Waals surface area contributed by atoms with Gasteiger partial charge in [-0.3, -0.25) is 0 Å². The molecule has 1 aliphatic heterocycles. The van der Waals surface area contributed by atoms with E-state index in [9.17, 15) is 15.3 Å². The SMILES string of the molecule is O[C@@H]1[C@@H](O)[C@H](Oc2c[nH]c3ccc(Br)cc23)OC[C@H]1O. The largest absolute Gasteiger partial charge is 0.460 e. The lowest BCUT2D eigenvalue weighted by molar-refractivity contribution is -0.241. The van der Waals surface area contributed by atoms with E-state index >= 15 is 0 Å². The number of H-pyrrole nitrogens is 1. The first-order chi connectivity index (χ1) is 9.56. The van der Waals surface area contributed by atoms with Crippen molar-refractivity contribution in [1.82, 2.24) is 4.98 Å². The molecule has 20 heavy (non-hydrogen) atoms. The summed E-state index contributed by atoms with van der Waals surface area (Å²) in [4.78, 5) is 3.04. The van der Waals surface area contributed by atoms with Crippen LogP contribution in [0.2, 0.25) is 0 Å². The van der Waals surface area contributed by atoms with Gasteiger partial charge in [0.15, 0.2) is 0 Å². The molecule has 0 saturated carbocycles. The first kappa shape index (κ1) is 13.8. The third-order valence-electron chi connectivity index (χ3n) is 3.30. The summed E-state index contributed by atoms with van der Waals surface area (Å²) >= 11 is 3.38. The standard InChI is InChI=1S/C13H14BrNO5/c14-6-1-2-8-7(3-6)10(4-15-8)20-13-12(18)11(17)9(16)5-19-13/h1-4,9,11-13,15-18H,5H2/t9-,11+,12-,13+/m1/s1. The number of hydrogen-bond acceptors (Lipinski definition) is 5. The first-order valence-electron chi connectivity index (χ1n) is 6.15. The summed E-state index contributed by atoms with van der Waals surface area (Å²) in [5.41, 5.74) is 0.883. The number of aromatic amines is 1. The zero-order chi connectivity index (χ0) is 14.3. The summed E-state index contributed by atoms with van der Waals surface area (Å²) in [6.45, 7) is -0.0884. The van der Waals surface area contributed by atoms with Crippen LogP contribution < -0.4 is 4.74 Å². The van der Waals surface area contributed by atoms with Crippen molar-refractivity contribution in [2.75, 3.05) is 6.61 Å². The number of rotatable bonds is 2. The molecule has 2 aromatic rings. The molecule has 3 rings (SSSR count). The minimum atomic E-state index is -1.31. The molecule has 0 bridgehead atoms. The van der Waals surface area contributed by atoms with E-state index in [1.54, 1.807) is 6.20 Å². The van der Waals surface area contributed by atoms with Gasteiger partial charge in [-0.1, -0.05) is 15.9 Å². The number of ether oxygens (including phenoxy) is 2. The molecule has 1 saturated heterocycles. The highest BCUT2D eigenvalue weighted by Crippen LogP contribution is 2.30. The van der Waals surface area contributed by atoms with Gasteiger partial charge >= 0.3 is 0 Å². The van der Waals surface area contributed by atoms with E-state index in [2.05, 4.69) is 20.9 Å². The normalized spacial score (nSPS) is 30.6. The van der Waals surface area contributed by atoms with Crippen molar-refractivity contribution in [2.45, 2.75) is 24.6 Å². The first-order valence-corrected chi connectivity index (χ1v) is 6.94. The second-order valence-corrected chi connectivity index (χ2v) is 5.63. The Labute approximate surface area is 123 Å². The monoisotopic (exact) mass is 343 g/mol. The summed E-state index contributed by atoms with van der Waals surface area (Å²) in [5.74, 6) is 0.508. The smallest absolute Gasteiger partial charge is 0.228 e. The maximum atomic E-state index is 9.85. The second-order valence-electron chi connectivity index (χ2n) is 4.71. The number of hydrogen-bond donors (Lipinski definition) is 4. The van der Waals surface area contributed by atoms with Crippen molar-refractivity contribution in [3.05, 3.63) is 28.9 Å². The lowest BCUT2D eigenvalue weighted by Gasteiger charge is -2.34. The fourth-order valence-electron chi connectivity index (χ4n) is 2.17. The van der Waals surface area contributed by atoms with E-state index in [-0.39, 0.29) is 6.61 Å². The van der Waals surface area contributed by atoms with Crippen LogP contribution in [-0.2, 0) is 4.74 Å². The molecular formula is C13H14BrNO5. The lowest BCUT2D eigenvalue weighted by Crippen LogP contribution is -2.54. The molecule has 1 aliphatic rings. The molecule has 2 heterocycles. The molecule has 0 amide bonds. The Hall–Kier alpha value is -1.12. The Morgan fingerprint density at radius 2 is 2.05 bits per heavy atom. The Morgan fingerprint density at radius 1 is 1.25 bits per heavy atom. The Morgan fingerprint density at radius 3 is 2.85 bits per heavy atom. The van der Waals surface area contributed by atoms with Crippen LogP contribution in [0.25, 0.3) is 10.9 Å². The molecule has 0 aliphatic carbocycles. The highest BCUT2D eigenvalue weighted by Gasteiger charge is 2.39. The minimum absolute atomic E-state index is 0.0884. The van der Waals surface area contributed by atoms with E-state index in [4.69, 9.17) is 9.47 Å². The number of halogens is 1. The molecule has 0 spiro atoms. The van der Waals surface area contributed by atoms with Crippen LogP contribution >= 0.6 is 15.9 Å². The number of aliphatic hydroxyl groups excluding tert-OH is 3. The van der Waals surface area contributed by atoms with Crippen LogP contribution in [0.15, 0.2) is 28.9 Å². The third kappa shape index (κ3) is 2.43. The maximum Gasteiger partial charge on any atom is 0.228 e. The van der Waals surface area contributed by atoms with Gasteiger partial charge in [0.2, 0.25) is 6.29 Å². The second kappa shape index (κ2) is 5.34.